The van der Waals surface area contributed by atoms with Crippen LogP contribution in [0.2, 0.25) is 0 Å². The molecule has 0 radical (unpaired) electrons. The molecule has 0 saturated heterocycles. The number of rotatable bonds is 3. The van der Waals surface area contributed by atoms with Crippen LogP contribution < -0.4 is 10.5 Å². The lowest BCUT2D eigenvalue weighted by Gasteiger charge is -2.00. The highest BCUT2D eigenvalue weighted by Crippen LogP contribution is 2.16. The van der Waals surface area contributed by atoms with Crippen LogP contribution in [0.1, 0.15) is 0 Å². The summed E-state index contributed by atoms with van der Waals surface area (Å²) in [6.45, 7) is 0.159. The van der Waals surface area contributed by atoms with Gasteiger partial charge in [0.1, 0.15) is 6.73 Å². The smallest absolute Gasteiger partial charge is 0.159 e. The number of hydrogen-bond donors (Lipinski definition) is 1. The summed E-state index contributed by atoms with van der Waals surface area (Å²) >= 11 is 3.38. The van der Waals surface area contributed by atoms with Gasteiger partial charge in [-0.3, -0.25) is 5.73 Å². The minimum absolute atomic E-state index is 0.159. The molecule has 4 nitrogen and oxygen atoms in total. The molecule has 0 atom stereocenters. The predicted molar refractivity (Wildman–Crippen MR) is 60.9 cm³/mol. The van der Waals surface area contributed by atoms with Crippen LogP contribution in [0.25, 0.3) is 5.69 Å². The second kappa shape index (κ2) is 4.46. The normalized spacial score (nSPS) is 10.3. The van der Waals surface area contributed by atoms with Crippen LogP contribution in [0, 0.1) is 0 Å². The van der Waals surface area contributed by atoms with Crippen LogP contribution in [-0.2, 0) is 0 Å². The summed E-state index contributed by atoms with van der Waals surface area (Å²) in [5.74, 6) is 0.667. The van der Waals surface area contributed by atoms with Gasteiger partial charge in [-0.15, -0.1) is 0 Å². The van der Waals surface area contributed by atoms with Crippen LogP contribution >= 0.6 is 15.9 Å². The number of aromatic nitrogens is 2. The van der Waals surface area contributed by atoms with E-state index in [2.05, 4.69) is 21.0 Å². The van der Waals surface area contributed by atoms with Gasteiger partial charge in [0.15, 0.2) is 5.75 Å². The maximum atomic E-state index is 5.26. The predicted octanol–water partition coefficient (Wildman–Crippen LogP) is 1.93. The molecule has 0 aliphatic heterocycles. The molecule has 0 bridgehead atoms. The van der Waals surface area contributed by atoms with Gasteiger partial charge >= 0.3 is 0 Å². The van der Waals surface area contributed by atoms with Crippen molar-refractivity contribution in [2.24, 2.45) is 5.73 Å². The van der Waals surface area contributed by atoms with E-state index in [1.54, 1.807) is 17.1 Å². The van der Waals surface area contributed by atoms with Gasteiger partial charge in [0.25, 0.3) is 0 Å². The van der Waals surface area contributed by atoms with E-state index in [0.717, 1.165) is 10.2 Å². The van der Waals surface area contributed by atoms with Gasteiger partial charge in [0, 0.05) is 4.47 Å². The molecule has 0 saturated carbocycles. The first-order valence-corrected chi connectivity index (χ1v) is 5.22. The van der Waals surface area contributed by atoms with Crippen molar-refractivity contribution >= 4 is 15.9 Å². The Morgan fingerprint density at radius 3 is 2.73 bits per heavy atom. The van der Waals surface area contributed by atoms with E-state index in [-0.39, 0.29) is 6.73 Å². The van der Waals surface area contributed by atoms with E-state index < -0.39 is 0 Å². The first kappa shape index (κ1) is 10.2. The van der Waals surface area contributed by atoms with Gasteiger partial charge in [-0.25, -0.2) is 4.68 Å². The minimum atomic E-state index is 0.159. The van der Waals surface area contributed by atoms with Crippen molar-refractivity contribution in [1.29, 1.82) is 0 Å². The first-order valence-electron chi connectivity index (χ1n) is 4.43. The average molecular weight is 268 g/mol. The molecule has 0 unspecified atom stereocenters. The van der Waals surface area contributed by atoms with Crippen LogP contribution in [0.5, 0.6) is 5.75 Å². The van der Waals surface area contributed by atoms with Gasteiger partial charge in [-0.05, 0) is 24.3 Å². The molecule has 1 aromatic carbocycles. The van der Waals surface area contributed by atoms with Crippen molar-refractivity contribution in [3.05, 3.63) is 41.1 Å². The molecular formula is C10H10BrN3O. The molecule has 0 aliphatic rings. The topological polar surface area (TPSA) is 53.1 Å². The molecule has 0 spiro atoms. The molecule has 2 rings (SSSR count). The molecule has 2 aromatic rings. The Kier molecular flexibility index (Phi) is 3.03. The van der Waals surface area contributed by atoms with Crippen LogP contribution in [0.3, 0.4) is 0 Å². The molecule has 1 heterocycles. The third-order valence-corrected chi connectivity index (χ3v) is 2.43. The van der Waals surface area contributed by atoms with Gasteiger partial charge in [-0.1, -0.05) is 15.9 Å². The molecule has 5 heteroatoms. The third-order valence-electron chi connectivity index (χ3n) is 1.90. The number of benzene rings is 1. The SMILES string of the molecule is NCOc1cnn(-c2ccc(Br)cc2)c1. The van der Waals surface area contributed by atoms with E-state index in [9.17, 15) is 0 Å². The van der Waals surface area contributed by atoms with Gasteiger partial charge in [0.2, 0.25) is 0 Å². The minimum Gasteiger partial charge on any atom is -0.475 e. The maximum Gasteiger partial charge on any atom is 0.159 e. The van der Waals surface area contributed by atoms with Crippen molar-refractivity contribution in [1.82, 2.24) is 9.78 Å². The van der Waals surface area contributed by atoms with Crippen LogP contribution in [0.15, 0.2) is 41.1 Å². The molecule has 0 aliphatic carbocycles. The number of nitrogens with zero attached hydrogens (tertiary/aromatic N) is 2. The third kappa shape index (κ3) is 2.37. The monoisotopic (exact) mass is 267 g/mol. The van der Waals surface area contributed by atoms with Crippen molar-refractivity contribution in [3.8, 4) is 11.4 Å². The highest BCUT2D eigenvalue weighted by atomic mass is 79.9. The van der Waals surface area contributed by atoms with Crippen molar-refractivity contribution in [3.63, 3.8) is 0 Å². The van der Waals surface area contributed by atoms with Crippen LogP contribution in [-0.4, -0.2) is 16.5 Å². The Labute approximate surface area is 95.8 Å². The number of ether oxygens (including phenoxy) is 1. The Morgan fingerprint density at radius 2 is 2.07 bits per heavy atom. The van der Waals surface area contributed by atoms with Crippen molar-refractivity contribution in [2.75, 3.05) is 6.73 Å². The molecule has 0 amide bonds. The molecule has 15 heavy (non-hydrogen) atoms. The summed E-state index contributed by atoms with van der Waals surface area (Å²) in [4.78, 5) is 0. The quantitative estimate of drug-likeness (QED) is 0.865. The highest BCUT2D eigenvalue weighted by Gasteiger charge is 2.00. The zero-order chi connectivity index (χ0) is 10.7. The number of halogens is 1. The van der Waals surface area contributed by atoms with E-state index in [0.29, 0.717) is 5.75 Å². The van der Waals surface area contributed by atoms with E-state index in [1.165, 1.54) is 0 Å². The van der Waals surface area contributed by atoms with Crippen LogP contribution in [0.4, 0.5) is 0 Å². The number of nitrogens with two attached hydrogens (primary N) is 1. The fourth-order valence-electron chi connectivity index (χ4n) is 1.21. The van der Waals surface area contributed by atoms with Crippen molar-refractivity contribution in [2.45, 2.75) is 0 Å². The average Bonchev–Trinajstić information content (AvgIpc) is 2.68. The Morgan fingerprint density at radius 1 is 1.33 bits per heavy atom. The highest BCUT2D eigenvalue weighted by molar-refractivity contribution is 9.10. The molecule has 1 aromatic heterocycles. The first-order chi connectivity index (χ1) is 7.29. The summed E-state index contributed by atoms with van der Waals surface area (Å²) in [6.07, 6.45) is 3.42. The maximum absolute atomic E-state index is 5.26. The Balaban J connectivity index is 2.25. The van der Waals surface area contributed by atoms with E-state index in [4.69, 9.17) is 10.5 Å². The van der Waals surface area contributed by atoms with Gasteiger partial charge in [0.05, 0.1) is 18.1 Å². The van der Waals surface area contributed by atoms with Gasteiger partial charge < -0.3 is 4.74 Å². The molecule has 0 fully saturated rings. The second-order valence-electron chi connectivity index (χ2n) is 2.91. The van der Waals surface area contributed by atoms with Crippen molar-refractivity contribution < 1.29 is 4.74 Å². The standard InChI is InChI=1S/C10H10BrN3O/c11-8-1-3-9(4-2-8)14-6-10(5-13-14)15-7-12/h1-6H,7,12H2. The lowest BCUT2D eigenvalue weighted by atomic mass is 10.3. The lowest BCUT2D eigenvalue weighted by Crippen LogP contribution is -2.06. The zero-order valence-electron chi connectivity index (χ0n) is 7.93. The Bertz CT molecular complexity index is 438. The molecular weight excluding hydrogens is 258 g/mol. The zero-order valence-corrected chi connectivity index (χ0v) is 9.52. The summed E-state index contributed by atoms with van der Waals surface area (Å²) in [6, 6.07) is 7.84. The van der Waals surface area contributed by atoms with E-state index >= 15 is 0 Å². The summed E-state index contributed by atoms with van der Waals surface area (Å²) in [5, 5.41) is 4.16. The number of hydrogen-bond acceptors (Lipinski definition) is 3. The fraction of sp³-hybridized carbons (Fsp3) is 0.100. The molecule has 2 N–H and O–H groups in total. The second-order valence-corrected chi connectivity index (χ2v) is 3.82. The summed E-state index contributed by atoms with van der Waals surface area (Å²) in [5.41, 5.74) is 6.24. The lowest BCUT2D eigenvalue weighted by molar-refractivity contribution is 0.329. The summed E-state index contributed by atoms with van der Waals surface area (Å²) < 4.78 is 7.89. The van der Waals surface area contributed by atoms with E-state index in [1.807, 2.05) is 24.3 Å². The van der Waals surface area contributed by atoms with Gasteiger partial charge in [-0.2, -0.15) is 5.10 Å². The summed E-state index contributed by atoms with van der Waals surface area (Å²) in [7, 11) is 0. The molecule has 78 valence electrons. The largest absolute Gasteiger partial charge is 0.475 e. The Hall–Kier alpha value is -1.33. The fourth-order valence-corrected chi connectivity index (χ4v) is 1.48.